The summed E-state index contributed by atoms with van der Waals surface area (Å²) in [6.45, 7) is -0.534. The van der Waals surface area contributed by atoms with Crippen molar-refractivity contribution in [3.63, 3.8) is 0 Å². The Bertz CT molecular complexity index is 889. The van der Waals surface area contributed by atoms with Gasteiger partial charge in [-0.15, -0.1) is 11.8 Å². The lowest BCUT2D eigenvalue weighted by Crippen LogP contribution is -2.37. The molecule has 0 atom stereocenters. The molecule has 0 aromatic heterocycles. The SMILES string of the molecule is CSc1cccc(N(CC(=O)Nc2ccc(F)cc2F)S(C)(=O)=O)c1. The Hall–Kier alpha value is -2.13. The number of halogens is 2. The number of sulfonamides is 1. The number of anilines is 2. The van der Waals surface area contributed by atoms with Crippen LogP contribution in [-0.4, -0.2) is 33.4 Å². The summed E-state index contributed by atoms with van der Waals surface area (Å²) in [6.07, 6.45) is 2.82. The van der Waals surface area contributed by atoms with Gasteiger partial charge in [0.25, 0.3) is 0 Å². The average molecular weight is 386 g/mol. The predicted molar refractivity (Wildman–Crippen MR) is 95.4 cm³/mol. The molecular formula is C16H16F2N2O3S2. The van der Waals surface area contributed by atoms with Crippen LogP contribution >= 0.6 is 11.8 Å². The summed E-state index contributed by atoms with van der Waals surface area (Å²) < 4.78 is 51.5. The second-order valence-electron chi connectivity index (χ2n) is 5.14. The van der Waals surface area contributed by atoms with Crippen LogP contribution in [0, 0.1) is 11.6 Å². The Morgan fingerprint density at radius 1 is 1.20 bits per heavy atom. The van der Waals surface area contributed by atoms with Crippen LogP contribution in [-0.2, 0) is 14.8 Å². The summed E-state index contributed by atoms with van der Waals surface area (Å²) in [4.78, 5) is 13.0. The van der Waals surface area contributed by atoms with E-state index in [9.17, 15) is 22.0 Å². The molecule has 0 heterocycles. The van der Waals surface area contributed by atoms with Gasteiger partial charge in [0.2, 0.25) is 15.9 Å². The van der Waals surface area contributed by atoms with Gasteiger partial charge in [0, 0.05) is 11.0 Å². The lowest BCUT2D eigenvalue weighted by atomic mass is 10.3. The molecule has 0 saturated heterocycles. The van der Waals surface area contributed by atoms with E-state index in [2.05, 4.69) is 5.32 Å². The summed E-state index contributed by atoms with van der Waals surface area (Å²) in [6, 6.07) is 9.38. The molecular weight excluding hydrogens is 370 g/mol. The number of carbonyl (C=O) groups excluding carboxylic acids is 1. The first-order valence-corrected chi connectivity index (χ1v) is 10.1. The fourth-order valence-electron chi connectivity index (χ4n) is 2.08. The van der Waals surface area contributed by atoms with Gasteiger partial charge in [-0.1, -0.05) is 6.07 Å². The smallest absolute Gasteiger partial charge is 0.245 e. The highest BCUT2D eigenvalue weighted by Gasteiger charge is 2.21. The Labute approximate surface area is 149 Å². The van der Waals surface area contributed by atoms with E-state index in [4.69, 9.17) is 0 Å². The van der Waals surface area contributed by atoms with E-state index in [1.54, 1.807) is 18.2 Å². The maximum atomic E-state index is 13.6. The molecule has 2 aromatic rings. The average Bonchev–Trinajstić information content (AvgIpc) is 2.54. The predicted octanol–water partition coefficient (Wildman–Crippen LogP) is 3.09. The summed E-state index contributed by atoms with van der Waals surface area (Å²) >= 11 is 1.43. The molecule has 0 fully saturated rings. The normalized spacial score (nSPS) is 11.2. The Kier molecular flexibility index (Phi) is 6.02. The van der Waals surface area contributed by atoms with E-state index in [0.717, 1.165) is 27.6 Å². The van der Waals surface area contributed by atoms with Crippen LogP contribution in [0.5, 0.6) is 0 Å². The lowest BCUT2D eigenvalue weighted by Gasteiger charge is -2.22. The minimum absolute atomic E-state index is 0.224. The second-order valence-corrected chi connectivity index (χ2v) is 7.93. The summed E-state index contributed by atoms with van der Waals surface area (Å²) in [7, 11) is -3.74. The first kappa shape index (κ1) is 19.2. The Balaban J connectivity index is 2.23. The number of thioether (sulfide) groups is 1. The minimum atomic E-state index is -3.74. The van der Waals surface area contributed by atoms with Gasteiger partial charge >= 0.3 is 0 Å². The lowest BCUT2D eigenvalue weighted by molar-refractivity contribution is -0.114. The number of benzene rings is 2. The highest BCUT2D eigenvalue weighted by molar-refractivity contribution is 7.98. The van der Waals surface area contributed by atoms with E-state index >= 15 is 0 Å². The molecule has 2 aromatic carbocycles. The number of hydrogen-bond donors (Lipinski definition) is 1. The molecule has 0 aliphatic carbocycles. The quantitative estimate of drug-likeness (QED) is 0.775. The summed E-state index contributed by atoms with van der Waals surface area (Å²) in [5, 5.41) is 2.25. The zero-order chi connectivity index (χ0) is 18.6. The van der Waals surface area contributed by atoms with Crippen molar-refractivity contribution < 1.29 is 22.0 Å². The van der Waals surface area contributed by atoms with Gasteiger partial charge < -0.3 is 5.32 Å². The fraction of sp³-hybridized carbons (Fsp3) is 0.188. The molecule has 0 spiro atoms. The standard InChI is InChI=1S/C16H16F2N2O3S2/c1-24-13-5-3-4-12(9-13)20(25(2,22)23)10-16(21)19-15-7-6-11(17)8-14(15)18/h3-9H,10H2,1-2H3,(H,19,21). The molecule has 2 rings (SSSR count). The Morgan fingerprint density at radius 2 is 1.92 bits per heavy atom. The third kappa shape index (κ3) is 5.17. The topological polar surface area (TPSA) is 66.5 Å². The van der Waals surface area contributed by atoms with Gasteiger partial charge in [-0.25, -0.2) is 17.2 Å². The highest BCUT2D eigenvalue weighted by atomic mass is 32.2. The van der Waals surface area contributed by atoms with Crippen molar-refractivity contribution in [1.82, 2.24) is 0 Å². The third-order valence-electron chi connectivity index (χ3n) is 3.23. The van der Waals surface area contributed by atoms with E-state index in [1.807, 2.05) is 12.3 Å². The minimum Gasteiger partial charge on any atom is -0.322 e. The molecule has 1 N–H and O–H groups in total. The molecule has 0 aliphatic heterocycles. The van der Waals surface area contributed by atoms with Crippen LogP contribution < -0.4 is 9.62 Å². The first-order chi connectivity index (χ1) is 11.7. The summed E-state index contributed by atoms with van der Waals surface area (Å²) in [5.74, 6) is -2.46. The molecule has 134 valence electrons. The summed E-state index contributed by atoms with van der Waals surface area (Å²) in [5.41, 5.74) is 0.0989. The fourth-order valence-corrected chi connectivity index (χ4v) is 3.38. The van der Waals surface area contributed by atoms with Crippen molar-refractivity contribution in [2.75, 3.05) is 28.7 Å². The van der Waals surface area contributed by atoms with E-state index in [-0.39, 0.29) is 5.69 Å². The van der Waals surface area contributed by atoms with Crippen molar-refractivity contribution in [3.8, 4) is 0 Å². The molecule has 5 nitrogen and oxygen atoms in total. The molecule has 0 radical (unpaired) electrons. The maximum absolute atomic E-state index is 13.6. The van der Waals surface area contributed by atoms with Gasteiger partial charge in [0.1, 0.15) is 18.2 Å². The zero-order valence-electron chi connectivity index (χ0n) is 13.5. The number of rotatable bonds is 6. The van der Waals surface area contributed by atoms with Gasteiger partial charge in [0.05, 0.1) is 17.6 Å². The van der Waals surface area contributed by atoms with Gasteiger partial charge in [-0.3, -0.25) is 9.10 Å². The molecule has 25 heavy (non-hydrogen) atoms. The number of amides is 1. The van der Waals surface area contributed by atoms with Crippen molar-refractivity contribution in [1.29, 1.82) is 0 Å². The third-order valence-corrected chi connectivity index (χ3v) is 5.10. The zero-order valence-corrected chi connectivity index (χ0v) is 15.1. The largest absolute Gasteiger partial charge is 0.322 e. The number of nitrogens with one attached hydrogen (secondary N) is 1. The van der Waals surface area contributed by atoms with Gasteiger partial charge in [-0.05, 0) is 36.6 Å². The molecule has 0 unspecified atom stereocenters. The van der Waals surface area contributed by atoms with E-state index < -0.39 is 34.1 Å². The van der Waals surface area contributed by atoms with Gasteiger partial charge in [0.15, 0.2) is 0 Å². The molecule has 0 bridgehead atoms. The van der Waals surface area contributed by atoms with Crippen molar-refractivity contribution >= 4 is 39.1 Å². The van der Waals surface area contributed by atoms with Crippen LogP contribution in [0.25, 0.3) is 0 Å². The molecule has 0 saturated carbocycles. The van der Waals surface area contributed by atoms with Crippen LogP contribution in [0.2, 0.25) is 0 Å². The van der Waals surface area contributed by atoms with Crippen LogP contribution in [0.15, 0.2) is 47.4 Å². The number of nitrogens with zero attached hydrogens (tertiary/aromatic N) is 1. The van der Waals surface area contributed by atoms with Crippen LogP contribution in [0.4, 0.5) is 20.2 Å². The molecule has 0 aliphatic rings. The van der Waals surface area contributed by atoms with Crippen LogP contribution in [0.1, 0.15) is 0 Å². The first-order valence-electron chi connectivity index (χ1n) is 7.07. The maximum Gasteiger partial charge on any atom is 0.245 e. The van der Waals surface area contributed by atoms with Crippen molar-refractivity contribution in [3.05, 3.63) is 54.1 Å². The monoisotopic (exact) mass is 386 g/mol. The van der Waals surface area contributed by atoms with E-state index in [1.165, 1.54) is 11.8 Å². The van der Waals surface area contributed by atoms with E-state index in [0.29, 0.717) is 11.8 Å². The van der Waals surface area contributed by atoms with Crippen molar-refractivity contribution in [2.45, 2.75) is 4.90 Å². The van der Waals surface area contributed by atoms with Crippen LogP contribution in [0.3, 0.4) is 0 Å². The number of carbonyl (C=O) groups is 1. The highest BCUT2D eigenvalue weighted by Crippen LogP contribution is 2.24. The molecule has 9 heteroatoms. The Morgan fingerprint density at radius 3 is 2.52 bits per heavy atom. The van der Waals surface area contributed by atoms with Gasteiger partial charge in [-0.2, -0.15) is 0 Å². The van der Waals surface area contributed by atoms with Crippen molar-refractivity contribution in [2.24, 2.45) is 0 Å². The number of hydrogen-bond acceptors (Lipinski definition) is 4. The second kappa shape index (κ2) is 7.83. The molecule has 1 amide bonds.